The fourth-order valence-corrected chi connectivity index (χ4v) is 1.04. The molecule has 9 heavy (non-hydrogen) atoms. The largest absolute Gasteiger partial charge is 0.184 e. The van der Waals surface area contributed by atoms with Crippen LogP contribution in [0, 0.1) is 0 Å². The van der Waals surface area contributed by atoms with Crippen LogP contribution in [-0.2, 0) is 0 Å². The lowest BCUT2D eigenvalue weighted by atomic mass is 10.0. The number of hydrogen-bond acceptors (Lipinski definition) is 1. The molecule has 2 nitrogen and oxygen atoms in total. The Morgan fingerprint density at radius 3 is 3.33 bits per heavy atom. The maximum absolute atomic E-state index is 3.98. The van der Waals surface area contributed by atoms with E-state index in [2.05, 4.69) is 28.8 Å². The van der Waals surface area contributed by atoms with Crippen molar-refractivity contribution < 1.29 is 0 Å². The molecule has 2 aliphatic rings. The van der Waals surface area contributed by atoms with E-state index in [9.17, 15) is 0 Å². The van der Waals surface area contributed by atoms with E-state index in [1.165, 1.54) is 5.57 Å². The second kappa shape index (κ2) is 1.72. The smallest absolute Gasteiger partial charge is 0.0872 e. The Labute approximate surface area is 54.0 Å². The fourth-order valence-electron chi connectivity index (χ4n) is 1.04. The maximum Gasteiger partial charge on any atom is 0.0872 e. The third kappa shape index (κ3) is 0.669. The predicted octanol–water partition coefficient (Wildman–Crippen LogP) is 0.847. The molecule has 2 rings (SSSR count). The summed E-state index contributed by atoms with van der Waals surface area (Å²) in [5.41, 5.74) is 6.35. The van der Waals surface area contributed by atoms with E-state index in [-0.39, 0.29) is 0 Å². The van der Waals surface area contributed by atoms with E-state index in [0.717, 1.165) is 18.7 Å². The summed E-state index contributed by atoms with van der Waals surface area (Å²) in [6.07, 6.45) is 7.21. The summed E-state index contributed by atoms with van der Waals surface area (Å²) in [6, 6.07) is 0. The monoisotopic (exact) mass is 119 g/mol. The first kappa shape index (κ1) is 4.79. The van der Waals surface area contributed by atoms with Crippen molar-refractivity contribution in [1.29, 1.82) is 0 Å². The van der Waals surface area contributed by atoms with Gasteiger partial charge in [-0.1, -0.05) is 18.2 Å². The molecule has 45 valence electrons. The van der Waals surface area contributed by atoms with E-state index in [1.807, 2.05) is 0 Å². The maximum atomic E-state index is 3.98. The van der Waals surface area contributed by atoms with E-state index in [1.54, 1.807) is 0 Å². The number of fused-ring (bicyclic) bond motifs is 1. The van der Waals surface area contributed by atoms with Crippen molar-refractivity contribution in [2.75, 3.05) is 6.54 Å². The molecule has 1 radical (unpaired) electrons. The van der Waals surface area contributed by atoms with Crippen LogP contribution < -0.4 is 5.43 Å². The molecular weight excluding hydrogens is 112 g/mol. The van der Waals surface area contributed by atoms with Gasteiger partial charge in [-0.25, -0.2) is 0 Å². The van der Waals surface area contributed by atoms with Gasteiger partial charge in [0.1, 0.15) is 0 Å². The van der Waals surface area contributed by atoms with Gasteiger partial charge in [0.15, 0.2) is 0 Å². The van der Waals surface area contributed by atoms with E-state index >= 15 is 0 Å². The summed E-state index contributed by atoms with van der Waals surface area (Å²) in [4.78, 5) is 0. The summed E-state index contributed by atoms with van der Waals surface area (Å²) in [7, 11) is 0. The van der Waals surface area contributed by atoms with Crippen LogP contribution in [0.2, 0.25) is 0 Å². The highest BCUT2D eigenvalue weighted by Crippen LogP contribution is 2.12. The molecule has 0 amide bonds. The third-order valence-corrected chi connectivity index (χ3v) is 1.55. The standard InChI is InChI=1S/C7H7N2/c1-2-4-7-6(3-1)5-8-9-7/h1-3H,4-5H2. The summed E-state index contributed by atoms with van der Waals surface area (Å²) in [6.45, 7) is 0.791. The van der Waals surface area contributed by atoms with Crippen LogP contribution in [0.3, 0.4) is 0 Å². The molecule has 0 N–H and O–H groups in total. The molecule has 0 unspecified atom stereocenters. The molecule has 0 bridgehead atoms. The van der Waals surface area contributed by atoms with Crippen molar-refractivity contribution in [3.8, 4) is 0 Å². The summed E-state index contributed by atoms with van der Waals surface area (Å²) >= 11 is 0. The van der Waals surface area contributed by atoms with Gasteiger partial charge in [0, 0.05) is 6.42 Å². The second-order valence-electron chi connectivity index (χ2n) is 2.17. The summed E-state index contributed by atoms with van der Waals surface area (Å²) < 4.78 is 0. The van der Waals surface area contributed by atoms with Gasteiger partial charge >= 0.3 is 0 Å². The lowest BCUT2D eigenvalue weighted by molar-refractivity contribution is 0.835. The molecule has 1 aliphatic heterocycles. The lowest BCUT2D eigenvalue weighted by Crippen LogP contribution is -2.01. The predicted molar refractivity (Wildman–Crippen MR) is 36.3 cm³/mol. The highest BCUT2D eigenvalue weighted by molar-refractivity contribution is 6.03. The normalized spacial score (nSPS) is 22.2. The molecule has 0 spiro atoms. The molecule has 0 saturated heterocycles. The Balaban J connectivity index is 2.37. The SMILES string of the molecule is C1=CCC2=N[N]CC2=C1. The minimum Gasteiger partial charge on any atom is -0.184 e. The van der Waals surface area contributed by atoms with Gasteiger partial charge < -0.3 is 0 Å². The van der Waals surface area contributed by atoms with E-state index in [4.69, 9.17) is 0 Å². The first-order chi connectivity index (χ1) is 4.47. The van der Waals surface area contributed by atoms with Crippen LogP contribution in [0.4, 0.5) is 0 Å². The van der Waals surface area contributed by atoms with E-state index in [0.29, 0.717) is 0 Å². The zero-order chi connectivity index (χ0) is 6.10. The van der Waals surface area contributed by atoms with Gasteiger partial charge in [-0.3, -0.25) is 0 Å². The Morgan fingerprint density at radius 1 is 1.44 bits per heavy atom. The zero-order valence-corrected chi connectivity index (χ0v) is 5.04. The lowest BCUT2D eigenvalue weighted by Gasteiger charge is -1.99. The quantitative estimate of drug-likeness (QED) is 0.452. The van der Waals surface area contributed by atoms with Gasteiger partial charge in [-0.15, -0.1) is 0 Å². The van der Waals surface area contributed by atoms with Crippen LogP contribution in [-0.4, -0.2) is 12.3 Å². The van der Waals surface area contributed by atoms with Crippen molar-refractivity contribution >= 4 is 5.71 Å². The van der Waals surface area contributed by atoms with Crippen molar-refractivity contribution in [3.63, 3.8) is 0 Å². The minimum atomic E-state index is 0.791. The van der Waals surface area contributed by atoms with Gasteiger partial charge in [-0.2, -0.15) is 10.5 Å². The molecule has 0 fully saturated rings. The molecule has 1 aliphatic carbocycles. The number of nitrogens with zero attached hydrogens (tertiary/aromatic N) is 2. The van der Waals surface area contributed by atoms with Crippen LogP contribution in [0.15, 0.2) is 28.9 Å². The fraction of sp³-hybridized carbons (Fsp3) is 0.286. The van der Waals surface area contributed by atoms with Gasteiger partial charge in [0.25, 0.3) is 0 Å². The van der Waals surface area contributed by atoms with Crippen molar-refractivity contribution in [1.82, 2.24) is 5.43 Å². The molecular formula is C7H7N2. The zero-order valence-electron chi connectivity index (χ0n) is 5.04. The van der Waals surface area contributed by atoms with Gasteiger partial charge in [0.05, 0.1) is 12.3 Å². The molecule has 0 atom stereocenters. The van der Waals surface area contributed by atoms with Crippen molar-refractivity contribution in [2.24, 2.45) is 5.10 Å². The van der Waals surface area contributed by atoms with Crippen molar-refractivity contribution in [2.45, 2.75) is 6.42 Å². The number of rotatable bonds is 0. The minimum absolute atomic E-state index is 0.791. The molecule has 1 heterocycles. The summed E-state index contributed by atoms with van der Waals surface area (Å²) in [5, 5.41) is 3.98. The molecule has 0 saturated carbocycles. The van der Waals surface area contributed by atoms with Gasteiger partial charge in [-0.05, 0) is 5.57 Å². The van der Waals surface area contributed by atoms with Crippen LogP contribution in [0.5, 0.6) is 0 Å². The van der Waals surface area contributed by atoms with Gasteiger partial charge in [0.2, 0.25) is 0 Å². The molecule has 2 heteroatoms. The third-order valence-electron chi connectivity index (χ3n) is 1.55. The van der Waals surface area contributed by atoms with Crippen LogP contribution in [0.1, 0.15) is 6.42 Å². The average molecular weight is 119 g/mol. The second-order valence-corrected chi connectivity index (χ2v) is 2.17. The Morgan fingerprint density at radius 2 is 2.44 bits per heavy atom. The Kier molecular flexibility index (Phi) is 0.918. The highest BCUT2D eigenvalue weighted by atomic mass is 15.3. The van der Waals surface area contributed by atoms with E-state index < -0.39 is 0 Å². The summed E-state index contributed by atoms with van der Waals surface area (Å²) in [5.74, 6) is 0. The number of allylic oxidation sites excluding steroid dienone is 3. The topological polar surface area (TPSA) is 26.5 Å². The first-order valence-corrected chi connectivity index (χ1v) is 3.06. The highest BCUT2D eigenvalue weighted by Gasteiger charge is 2.13. The Hall–Kier alpha value is -1.05. The van der Waals surface area contributed by atoms with Crippen molar-refractivity contribution in [3.05, 3.63) is 23.8 Å². The molecule has 0 aromatic heterocycles. The first-order valence-electron chi connectivity index (χ1n) is 3.06. The number of hydrogen-bond donors (Lipinski definition) is 0. The van der Waals surface area contributed by atoms with Crippen LogP contribution in [0.25, 0.3) is 0 Å². The van der Waals surface area contributed by atoms with Crippen LogP contribution >= 0.6 is 0 Å². The molecule has 0 aromatic rings. The molecule has 0 aromatic carbocycles. The average Bonchev–Trinajstić information content (AvgIpc) is 2.33. The Bertz CT molecular complexity index is 211.